The maximum absolute atomic E-state index is 12.8. The van der Waals surface area contributed by atoms with Crippen LogP contribution in [-0.4, -0.2) is 22.0 Å². The van der Waals surface area contributed by atoms with Gasteiger partial charge in [-0.1, -0.05) is 30.2 Å². The zero-order chi connectivity index (χ0) is 17.1. The average molecular weight is 383 g/mol. The standard InChI is InChI=1S/C18H23ClN4O.ClH/c1-23-10-9-21-17(23)16(12-5-7-14(19)8-6-12)22-18(24)15-4-2-3-13(15)11-20;/h5-10,13,15-16H,2-4,11,20H2,1H3,(H,22,24);1H/t13-,15-,16?;/m1./s1. The summed E-state index contributed by atoms with van der Waals surface area (Å²) in [6.45, 7) is 0.562. The first-order valence-electron chi connectivity index (χ1n) is 8.33. The molecule has 1 heterocycles. The molecule has 1 aromatic heterocycles. The summed E-state index contributed by atoms with van der Waals surface area (Å²) in [5.74, 6) is 1.13. The Morgan fingerprint density at radius 1 is 1.40 bits per heavy atom. The third-order valence-electron chi connectivity index (χ3n) is 4.91. The number of nitrogens with zero attached hydrogens (tertiary/aromatic N) is 2. The maximum Gasteiger partial charge on any atom is 0.224 e. The number of nitrogens with two attached hydrogens (primary N) is 1. The molecule has 1 fully saturated rings. The Bertz CT molecular complexity index is 701. The van der Waals surface area contributed by atoms with Crippen molar-refractivity contribution in [3.63, 3.8) is 0 Å². The molecule has 3 rings (SSSR count). The summed E-state index contributed by atoms with van der Waals surface area (Å²) in [6.07, 6.45) is 6.61. The molecule has 1 saturated carbocycles. The summed E-state index contributed by atoms with van der Waals surface area (Å²) in [4.78, 5) is 17.3. The van der Waals surface area contributed by atoms with Gasteiger partial charge >= 0.3 is 0 Å². The summed E-state index contributed by atoms with van der Waals surface area (Å²) in [6, 6.07) is 7.22. The molecule has 25 heavy (non-hydrogen) atoms. The third-order valence-corrected chi connectivity index (χ3v) is 5.16. The summed E-state index contributed by atoms with van der Waals surface area (Å²) in [5, 5.41) is 3.85. The second kappa shape index (κ2) is 8.70. The number of imidazole rings is 1. The van der Waals surface area contributed by atoms with Gasteiger partial charge in [-0.25, -0.2) is 4.98 Å². The van der Waals surface area contributed by atoms with Crippen LogP contribution < -0.4 is 11.1 Å². The molecule has 0 aliphatic heterocycles. The molecule has 7 heteroatoms. The van der Waals surface area contributed by atoms with Gasteiger partial charge in [-0.05, 0) is 43.0 Å². The van der Waals surface area contributed by atoms with Gasteiger partial charge in [0.15, 0.2) is 0 Å². The van der Waals surface area contributed by atoms with Crippen LogP contribution in [0.3, 0.4) is 0 Å². The fraction of sp³-hybridized carbons (Fsp3) is 0.444. The topological polar surface area (TPSA) is 72.9 Å². The minimum atomic E-state index is -0.297. The molecule has 0 radical (unpaired) electrons. The fourth-order valence-electron chi connectivity index (χ4n) is 3.52. The SMILES string of the molecule is Cl.Cn1ccnc1C(NC(=O)[C@@H]1CCC[C@@H]1CN)c1ccc(Cl)cc1. The zero-order valence-corrected chi connectivity index (χ0v) is 15.8. The van der Waals surface area contributed by atoms with Gasteiger partial charge in [0.25, 0.3) is 0 Å². The van der Waals surface area contributed by atoms with Crippen LogP contribution in [0.2, 0.25) is 5.02 Å². The fourth-order valence-corrected chi connectivity index (χ4v) is 3.65. The highest BCUT2D eigenvalue weighted by atomic mass is 35.5. The van der Waals surface area contributed by atoms with Crippen molar-refractivity contribution >= 4 is 29.9 Å². The Kier molecular flexibility index (Phi) is 6.87. The lowest BCUT2D eigenvalue weighted by atomic mass is 9.94. The largest absolute Gasteiger partial charge is 0.342 e. The van der Waals surface area contributed by atoms with Gasteiger partial charge in [0.1, 0.15) is 11.9 Å². The lowest BCUT2D eigenvalue weighted by Crippen LogP contribution is -2.38. The van der Waals surface area contributed by atoms with Gasteiger partial charge in [0.2, 0.25) is 5.91 Å². The lowest BCUT2D eigenvalue weighted by Gasteiger charge is -2.23. The van der Waals surface area contributed by atoms with Crippen molar-refractivity contribution in [1.29, 1.82) is 0 Å². The highest BCUT2D eigenvalue weighted by Crippen LogP contribution is 2.32. The number of carbonyl (C=O) groups is 1. The number of nitrogens with one attached hydrogen (secondary N) is 1. The third kappa shape index (κ3) is 4.35. The predicted octanol–water partition coefficient (Wildman–Crippen LogP) is 3.08. The molecule has 3 N–H and O–H groups in total. The zero-order valence-electron chi connectivity index (χ0n) is 14.2. The predicted molar refractivity (Wildman–Crippen MR) is 102 cm³/mol. The highest BCUT2D eigenvalue weighted by Gasteiger charge is 2.33. The van der Waals surface area contributed by atoms with Crippen molar-refractivity contribution in [3.8, 4) is 0 Å². The molecule has 136 valence electrons. The average Bonchev–Trinajstić information content (AvgIpc) is 3.22. The Hall–Kier alpha value is -1.56. The minimum absolute atomic E-state index is 0. The van der Waals surface area contributed by atoms with Crippen LogP contribution in [0.25, 0.3) is 0 Å². The van der Waals surface area contributed by atoms with Gasteiger partial charge in [0, 0.05) is 30.4 Å². The van der Waals surface area contributed by atoms with E-state index in [0.29, 0.717) is 11.6 Å². The first kappa shape index (κ1) is 19.8. The van der Waals surface area contributed by atoms with E-state index in [1.165, 1.54) is 0 Å². The van der Waals surface area contributed by atoms with Crippen LogP contribution in [0.1, 0.15) is 36.7 Å². The van der Waals surface area contributed by atoms with Crippen LogP contribution in [0.4, 0.5) is 0 Å². The molecule has 1 aliphatic carbocycles. The Balaban J connectivity index is 0.00000225. The number of halogens is 2. The van der Waals surface area contributed by atoms with Crippen molar-refractivity contribution < 1.29 is 4.79 Å². The van der Waals surface area contributed by atoms with Gasteiger partial charge in [-0.15, -0.1) is 12.4 Å². The van der Waals surface area contributed by atoms with E-state index < -0.39 is 0 Å². The van der Waals surface area contributed by atoms with Crippen molar-refractivity contribution in [3.05, 3.63) is 53.1 Å². The van der Waals surface area contributed by atoms with E-state index in [2.05, 4.69) is 10.3 Å². The molecule has 1 aliphatic rings. The maximum atomic E-state index is 12.8. The number of amides is 1. The van der Waals surface area contributed by atoms with Crippen LogP contribution in [0.5, 0.6) is 0 Å². The first-order chi connectivity index (χ1) is 11.6. The highest BCUT2D eigenvalue weighted by molar-refractivity contribution is 6.30. The molecule has 0 bridgehead atoms. The minimum Gasteiger partial charge on any atom is -0.342 e. The number of aryl methyl sites for hydroxylation is 1. The van der Waals surface area contributed by atoms with E-state index in [-0.39, 0.29) is 36.2 Å². The van der Waals surface area contributed by atoms with Gasteiger partial charge in [-0.3, -0.25) is 4.79 Å². The monoisotopic (exact) mass is 382 g/mol. The molecular weight excluding hydrogens is 359 g/mol. The first-order valence-corrected chi connectivity index (χ1v) is 8.71. The molecule has 2 aromatic rings. The van der Waals surface area contributed by atoms with E-state index in [0.717, 1.165) is 30.7 Å². The van der Waals surface area contributed by atoms with Crippen LogP contribution >= 0.6 is 24.0 Å². The lowest BCUT2D eigenvalue weighted by molar-refractivity contribution is -0.126. The van der Waals surface area contributed by atoms with E-state index in [4.69, 9.17) is 17.3 Å². The molecule has 3 atom stereocenters. The number of benzene rings is 1. The smallest absolute Gasteiger partial charge is 0.224 e. The molecule has 1 aromatic carbocycles. The van der Waals surface area contributed by atoms with Gasteiger partial charge < -0.3 is 15.6 Å². The number of hydrogen-bond acceptors (Lipinski definition) is 3. The molecule has 1 amide bonds. The van der Waals surface area contributed by atoms with Crippen LogP contribution in [0, 0.1) is 11.8 Å². The molecule has 0 spiro atoms. The Morgan fingerprint density at radius 2 is 2.12 bits per heavy atom. The second-order valence-electron chi connectivity index (χ2n) is 6.42. The van der Waals surface area contributed by atoms with E-state index >= 15 is 0 Å². The summed E-state index contributed by atoms with van der Waals surface area (Å²) in [5.41, 5.74) is 6.79. The number of carbonyl (C=O) groups excluding carboxylic acids is 1. The van der Waals surface area contributed by atoms with E-state index in [1.54, 1.807) is 6.20 Å². The Morgan fingerprint density at radius 3 is 2.72 bits per heavy atom. The van der Waals surface area contributed by atoms with Crippen LogP contribution in [-0.2, 0) is 11.8 Å². The Labute approximate surface area is 159 Å². The normalized spacial score (nSPS) is 20.8. The van der Waals surface area contributed by atoms with Crippen molar-refractivity contribution in [1.82, 2.24) is 14.9 Å². The molecule has 5 nitrogen and oxygen atoms in total. The summed E-state index contributed by atoms with van der Waals surface area (Å²) >= 11 is 6.00. The van der Waals surface area contributed by atoms with Crippen molar-refractivity contribution in [2.24, 2.45) is 24.6 Å². The second-order valence-corrected chi connectivity index (χ2v) is 6.86. The number of hydrogen-bond donors (Lipinski definition) is 2. The van der Waals surface area contributed by atoms with E-state index in [9.17, 15) is 4.79 Å². The van der Waals surface area contributed by atoms with Crippen molar-refractivity contribution in [2.45, 2.75) is 25.3 Å². The van der Waals surface area contributed by atoms with Gasteiger partial charge in [-0.2, -0.15) is 0 Å². The molecule has 1 unspecified atom stereocenters. The molecule has 0 saturated heterocycles. The van der Waals surface area contributed by atoms with E-state index in [1.807, 2.05) is 42.1 Å². The van der Waals surface area contributed by atoms with Crippen LogP contribution in [0.15, 0.2) is 36.7 Å². The molecular formula is C18H24Cl2N4O. The number of rotatable bonds is 5. The summed E-state index contributed by atoms with van der Waals surface area (Å²) in [7, 11) is 1.93. The quantitative estimate of drug-likeness (QED) is 0.834. The summed E-state index contributed by atoms with van der Waals surface area (Å²) < 4.78 is 1.93. The number of aromatic nitrogens is 2. The van der Waals surface area contributed by atoms with Gasteiger partial charge in [0.05, 0.1) is 0 Å². The van der Waals surface area contributed by atoms with Crippen molar-refractivity contribution in [2.75, 3.05) is 6.54 Å².